The van der Waals surface area contributed by atoms with E-state index in [1.54, 1.807) is 0 Å². The number of carbonyl (C=O) groups is 1. The molecular formula is C20H23AsO2. The molecule has 2 nitrogen and oxygen atoms in total. The topological polar surface area (TPSA) is 37.3 Å². The Balaban J connectivity index is 2.49. The molecule has 0 aromatic heterocycles. The third-order valence-electron chi connectivity index (χ3n) is 4.00. The molecule has 0 amide bonds. The summed E-state index contributed by atoms with van der Waals surface area (Å²) < 4.78 is 0.314. The molecule has 0 aliphatic heterocycles. The van der Waals surface area contributed by atoms with Gasteiger partial charge < -0.3 is 0 Å². The summed E-state index contributed by atoms with van der Waals surface area (Å²) >= 11 is -0.942. The summed E-state index contributed by atoms with van der Waals surface area (Å²) in [7, 11) is 0. The summed E-state index contributed by atoms with van der Waals surface area (Å²) in [6.07, 6.45) is 0. The summed E-state index contributed by atoms with van der Waals surface area (Å²) in [4.78, 5) is 12.7. The molecule has 0 saturated heterocycles. The number of carbonyl (C=O) groups excluding carboxylic acids is 1. The van der Waals surface area contributed by atoms with E-state index >= 15 is 0 Å². The van der Waals surface area contributed by atoms with E-state index in [0.717, 1.165) is 38.9 Å². The van der Waals surface area contributed by atoms with Crippen molar-refractivity contribution < 1.29 is 9.90 Å². The Hall–Kier alpha value is -1.50. The third-order valence-corrected chi connectivity index (χ3v) is 5.81. The normalized spacial score (nSPS) is 11.7. The molecular weight excluding hydrogens is 347 g/mol. The zero-order valence-electron chi connectivity index (χ0n) is 14.6. The molecule has 120 valence electrons. The molecule has 1 N–H and O–H groups in total. The first kappa shape index (κ1) is 17.8. The predicted octanol–water partition coefficient (Wildman–Crippen LogP) is 3.93. The van der Waals surface area contributed by atoms with Crippen LogP contribution in [0.15, 0.2) is 24.3 Å². The zero-order chi connectivity index (χ0) is 17.3. The number of rotatable bonds is 3. The molecule has 0 atom stereocenters. The van der Waals surface area contributed by atoms with Gasteiger partial charge >= 0.3 is 145 Å². The number of hydrogen-bond donors (Lipinski definition) is 1. The van der Waals surface area contributed by atoms with Gasteiger partial charge in [-0.3, -0.25) is 0 Å². The van der Waals surface area contributed by atoms with Gasteiger partial charge in [-0.2, -0.15) is 0 Å². The third kappa shape index (κ3) is 3.88. The van der Waals surface area contributed by atoms with E-state index in [0.29, 0.717) is 0 Å². The predicted molar refractivity (Wildman–Crippen MR) is 97.4 cm³/mol. The molecule has 2 aromatic rings. The van der Waals surface area contributed by atoms with E-state index in [1.165, 1.54) is 5.56 Å². The first-order chi connectivity index (χ1) is 10.7. The fourth-order valence-corrected chi connectivity index (χ4v) is 5.61. The van der Waals surface area contributed by atoms with Crippen molar-refractivity contribution >= 4 is 24.4 Å². The van der Waals surface area contributed by atoms with Gasteiger partial charge in [0.2, 0.25) is 0 Å². The van der Waals surface area contributed by atoms with Crippen LogP contribution in [0.1, 0.15) is 49.3 Å². The van der Waals surface area contributed by atoms with Gasteiger partial charge in [0.15, 0.2) is 0 Å². The quantitative estimate of drug-likeness (QED) is 0.832. The molecule has 23 heavy (non-hydrogen) atoms. The van der Waals surface area contributed by atoms with Crippen LogP contribution in [0.2, 0.25) is 0 Å². The van der Waals surface area contributed by atoms with Crippen molar-refractivity contribution in [1.82, 2.24) is 0 Å². The van der Waals surface area contributed by atoms with Crippen LogP contribution < -0.4 is 0 Å². The molecule has 0 unspecified atom stereocenters. The fourth-order valence-electron chi connectivity index (χ4n) is 3.26. The second-order valence-corrected chi connectivity index (χ2v) is 8.50. The van der Waals surface area contributed by atoms with Gasteiger partial charge in [0.05, 0.1) is 0 Å². The van der Waals surface area contributed by atoms with Crippen LogP contribution in [0.3, 0.4) is 0 Å². The van der Waals surface area contributed by atoms with Crippen LogP contribution in [0.25, 0.3) is 0 Å². The molecule has 0 aliphatic rings. The summed E-state index contributed by atoms with van der Waals surface area (Å²) in [5.41, 5.74) is 7.98. The molecule has 3 heteroatoms. The molecule has 2 aromatic carbocycles. The van der Waals surface area contributed by atoms with E-state index in [1.807, 2.05) is 65.8 Å². The summed E-state index contributed by atoms with van der Waals surface area (Å²) in [6.45, 7) is 12.0. The Morgan fingerprint density at radius 2 is 1.09 bits per heavy atom. The van der Waals surface area contributed by atoms with Crippen molar-refractivity contribution in [3.8, 4) is 0 Å². The zero-order valence-corrected chi connectivity index (χ0v) is 16.5. The van der Waals surface area contributed by atoms with E-state index < -0.39 is 15.3 Å². The van der Waals surface area contributed by atoms with Gasteiger partial charge in [-0.1, -0.05) is 0 Å². The first-order valence-corrected chi connectivity index (χ1v) is 9.56. The number of aryl methyl sites for hydroxylation is 6. The second-order valence-electron chi connectivity index (χ2n) is 6.29. The summed E-state index contributed by atoms with van der Waals surface area (Å²) in [5.74, 6) is 0. The average molecular weight is 370 g/mol. The minimum absolute atomic E-state index is 0.0631. The number of aliphatic hydroxyl groups is 1. The maximum absolute atomic E-state index is 12.7. The summed E-state index contributed by atoms with van der Waals surface area (Å²) in [5, 5.41) is 10.6. The van der Waals surface area contributed by atoms with Crippen LogP contribution in [0.4, 0.5) is 0 Å². The molecule has 0 aliphatic carbocycles. The first-order valence-electron chi connectivity index (χ1n) is 7.68. The maximum atomic E-state index is 12.7. The van der Waals surface area contributed by atoms with Crippen LogP contribution >= 0.6 is 0 Å². The number of aliphatic hydroxyl groups excluding tert-OH is 1. The molecule has 0 fully saturated rings. The fraction of sp³-hybridized carbons (Fsp3) is 0.300. The Labute approximate surface area is 144 Å². The van der Waals surface area contributed by atoms with Gasteiger partial charge in [-0.25, -0.2) is 0 Å². The van der Waals surface area contributed by atoms with Crippen molar-refractivity contribution in [2.45, 2.75) is 41.5 Å². The van der Waals surface area contributed by atoms with Gasteiger partial charge in [0.25, 0.3) is 0 Å². The van der Waals surface area contributed by atoms with E-state index in [2.05, 4.69) is 0 Å². The standard InChI is InChI=1S/C20H23AsO2/c1-11-7-13(3)17(14(4)8-11)19(22)21-20(23)18-15(5)9-12(2)10-16(18)6/h7-10,22H,1-6H3. The van der Waals surface area contributed by atoms with E-state index in [4.69, 9.17) is 0 Å². The minimum atomic E-state index is -0.942. The van der Waals surface area contributed by atoms with Crippen LogP contribution in [0.5, 0.6) is 0 Å². The van der Waals surface area contributed by atoms with Crippen molar-refractivity contribution in [3.05, 3.63) is 68.8 Å². The van der Waals surface area contributed by atoms with Crippen LogP contribution in [0, 0.1) is 41.5 Å². The monoisotopic (exact) mass is 370 g/mol. The molecule has 0 heterocycles. The Morgan fingerprint density at radius 3 is 1.48 bits per heavy atom. The van der Waals surface area contributed by atoms with Crippen molar-refractivity contribution in [2.75, 3.05) is 0 Å². The van der Waals surface area contributed by atoms with Gasteiger partial charge in [-0.15, -0.1) is 0 Å². The molecule has 0 bridgehead atoms. The van der Waals surface area contributed by atoms with Crippen molar-refractivity contribution in [3.63, 3.8) is 0 Å². The van der Waals surface area contributed by atoms with Crippen LogP contribution in [-0.4, -0.2) is 29.5 Å². The average Bonchev–Trinajstić information content (AvgIpc) is 2.35. The summed E-state index contributed by atoms with van der Waals surface area (Å²) in [6, 6.07) is 8.15. The van der Waals surface area contributed by atoms with Crippen molar-refractivity contribution in [1.29, 1.82) is 0 Å². The van der Waals surface area contributed by atoms with Gasteiger partial charge in [-0.05, 0) is 0 Å². The number of hydrogen-bond acceptors (Lipinski definition) is 2. The second kappa shape index (κ2) is 6.94. The van der Waals surface area contributed by atoms with Crippen LogP contribution in [-0.2, 0) is 0 Å². The van der Waals surface area contributed by atoms with E-state index in [-0.39, 0.29) is 9.06 Å². The molecule has 0 saturated carbocycles. The van der Waals surface area contributed by atoms with Gasteiger partial charge in [0, 0.05) is 0 Å². The Kier molecular flexibility index (Phi) is 5.39. The molecule has 0 radical (unpaired) electrons. The van der Waals surface area contributed by atoms with E-state index in [9.17, 15) is 9.90 Å². The van der Waals surface area contributed by atoms with Crippen molar-refractivity contribution in [2.24, 2.45) is 0 Å². The number of benzene rings is 2. The Morgan fingerprint density at radius 1 is 0.739 bits per heavy atom. The Bertz CT molecular complexity index is 770. The van der Waals surface area contributed by atoms with Gasteiger partial charge in [0.1, 0.15) is 0 Å². The SMILES string of the molecule is Cc1cc(C)c(C(=O)[As]=C(O)c2c(C)cc(C)cc2C)c(C)c1. The molecule has 2 rings (SSSR count). The molecule has 0 spiro atoms.